The van der Waals surface area contributed by atoms with Gasteiger partial charge >= 0.3 is 35.8 Å². The molecule has 72 heavy (non-hydrogen) atoms. The minimum Gasteiger partial charge on any atom is -0.463 e. The Labute approximate surface area is 430 Å². The average molecular weight is 1040 g/mol. The summed E-state index contributed by atoms with van der Waals surface area (Å²) in [4.78, 5) is 76.6. The van der Waals surface area contributed by atoms with E-state index in [4.69, 9.17) is 33.5 Å². The Bertz CT molecular complexity index is 1430. The second kappa shape index (κ2) is 43.9. The van der Waals surface area contributed by atoms with E-state index in [1.54, 1.807) is 0 Å². The van der Waals surface area contributed by atoms with Crippen molar-refractivity contribution in [3.8, 4) is 0 Å². The lowest BCUT2D eigenvalue weighted by Crippen LogP contribution is -2.32. The molecule has 0 amide bonds. The van der Waals surface area contributed by atoms with Crippen molar-refractivity contribution < 1.29 is 87.8 Å². The van der Waals surface area contributed by atoms with E-state index in [-0.39, 0.29) is 58.2 Å². The standard InChI is InChI=1S/C54H98O18/c1-7-12-17-22-40(57)29-41(58)33-51(63)69-45(23-18-13-8-2)30-42(59)34-52(64)70-46(24-19-14-9-3)31-43(60)35-53(65)71-47(25-20-15-10-4)32-44(61)36-54(66)72-48(26-21-16-11-5)37-49(68-39(6)56)38-50(62)67-28-27-55/h40-49,55,57-61H,7-38H2,1-6H3. The smallest absolute Gasteiger partial charge is 0.309 e. The molecule has 0 rings (SSSR count). The number of esters is 6. The Morgan fingerprint density at radius 2 is 0.653 bits per heavy atom. The Morgan fingerprint density at radius 1 is 0.347 bits per heavy atom. The van der Waals surface area contributed by atoms with Crippen LogP contribution in [0.3, 0.4) is 0 Å². The van der Waals surface area contributed by atoms with Crippen molar-refractivity contribution in [1.82, 2.24) is 0 Å². The first-order chi connectivity index (χ1) is 34.4. The lowest BCUT2D eigenvalue weighted by Gasteiger charge is -2.25. The van der Waals surface area contributed by atoms with E-state index >= 15 is 0 Å². The Morgan fingerprint density at radius 3 is 0.958 bits per heavy atom. The zero-order valence-electron chi connectivity index (χ0n) is 45.0. The fourth-order valence-electron chi connectivity index (χ4n) is 8.50. The fraction of sp³-hybridized carbons (Fsp3) is 0.889. The maximum absolute atomic E-state index is 13.3. The van der Waals surface area contributed by atoms with Gasteiger partial charge in [0.1, 0.15) is 37.1 Å². The summed E-state index contributed by atoms with van der Waals surface area (Å²) >= 11 is 0. The Kier molecular flexibility index (Phi) is 41.8. The van der Waals surface area contributed by atoms with Gasteiger partial charge in [-0.2, -0.15) is 0 Å². The van der Waals surface area contributed by atoms with Crippen molar-refractivity contribution in [3.63, 3.8) is 0 Å². The van der Waals surface area contributed by atoms with Crippen molar-refractivity contribution in [2.24, 2.45) is 0 Å². The van der Waals surface area contributed by atoms with E-state index in [2.05, 4.69) is 6.92 Å². The van der Waals surface area contributed by atoms with Gasteiger partial charge in [-0.05, 0) is 64.2 Å². The largest absolute Gasteiger partial charge is 0.463 e. The normalized spacial score (nSPS) is 15.7. The Balaban J connectivity index is 5.63. The molecule has 0 aromatic rings. The first-order valence-corrected chi connectivity index (χ1v) is 27.5. The van der Waals surface area contributed by atoms with Gasteiger partial charge in [0, 0.05) is 32.6 Å². The SMILES string of the molecule is CCCCCC(O)CC(O)CC(=O)OC(CCCCC)CC(O)CC(=O)OC(CCCCC)CC(O)CC(=O)OC(CCCCC)CC(O)CC(=O)OC(CCCCC)CC(CC(=O)OCCO)OC(C)=O. The highest BCUT2D eigenvalue weighted by atomic mass is 16.6. The van der Waals surface area contributed by atoms with Gasteiger partial charge in [0.05, 0.1) is 69.2 Å². The van der Waals surface area contributed by atoms with Crippen LogP contribution in [0.15, 0.2) is 0 Å². The third-order valence-corrected chi connectivity index (χ3v) is 12.2. The molecule has 6 N–H and O–H groups in total. The molecule has 0 fully saturated rings. The molecule has 0 heterocycles. The van der Waals surface area contributed by atoms with Gasteiger partial charge in [-0.1, -0.05) is 105 Å². The number of carbonyl (C=O) groups excluding carboxylic acids is 6. The number of aliphatic hydroxyl groups excluding tert-OH is 6. The molecule has 0 saturated heterocycles. The second-order valence-corrected chi connectivity index (χ2v) is 19.6. The topological polar surface area (TPSA) is 279 Å². The van der Waals surface area contributed by atoms with Crippen LogP contribution in [-0.2, 0) is 57.2 Å². The highest BCUT2D eigenvalue weighted by Gasteiger charge is 2.30. The number of ether oxygens (including phenoxy) is 6. The molecule has 0 aromatic heterocycles. The lowest BCUT2D eigenvalue weighted by atomic mass is 10.0. The van der Waals surface area contributed by atoms with Crippen LogP contribution in [0, 0.1) is 0 Å². The summed E-state index contributed by atoms with van der Waals surface area (Å²) in [6, 6.07) is 0. The summed E-state index contributed by atoms with van der Waals surface area (Å²) in [5.74, 6) is -4.17. The van der Waals surface area contributed by atoms with Crippen molar-refractivity contribution in [2.75, 3.05) is 13.2 Å². The van der Waals surface area contributed by atoms with E-state index < -0.39 is 116 Å². The van der Waals surface area contributed by atoms with Crippen molar-refractivity contribution >= 4 is 35.8 Å². The zero-order valence-corrected chi connectivity index (χ0v) is 45.0. The van der Waals surface area contributed by atoms with Crippen LogP contribution in [0.1, 0.15) is 234 Å². The van der Waals surface area contributed by atoms with Gasteiger partial charge in [0.25, 0.3) is 0 Å². The molecule has 18 heteroatoms. The van der Waals surface area contributed by atoms with Gasteiger partial charge in [0.2, 0.25) is 0 Å². The van der Waals surface area contributed by atoms with E-state index in [0.717, 1.165) is 77.0 Å². The fourth-order valence-corrected chi connectivity index (χ4v) is 8.50. The van der Waals surface area contributed by atoms with Gasteiger partial charge in [0.15, 0.2) is 0 Å². The maximum atomic E-state index is 13.3. The minimum absolute atomic E-state index is 0.0122. The monoisotopic (exact) mass is 1030 g/mol. The molecule has 10 atom stereocenters. The highest BCUT2D eigenvalue weighted by molar-refractivity contribution is 5.73. The van der Waals surface area contributed by atoms with Gasteiger partial charge < -0.3 is 59.1 Å². The van der Waals surface area contributed by atoms with Crippen LogP contribution < -0.4 is 0 Å². The molecule has 10 unspecified atom stereocenters. The van der Waals surface area contributed by atoms with Crippen LogP contribution in [0.2, 0.25) is 0 Å². The quantitative estimate of drug-likeness (QED) is 0.0193. The van der Waals surface area contributed by atoms with E-state index in [0.29, 0.717) is 51.4 Å². The van der Waals surface area contributed by atoms with Crippen molar-refractivity contribution in [3.05, 3.63) is 0 Å². The third-order valence-electron chi connectivity index (χ3n) is 12.2. The molecule has 0 saturated carbocycles. The van der Waals surface area contributed by atoms with Crippen LogP contribution in [0.25, 0.3) is 0 Å². The van der Waals surface area contributed by atoms with Gasteiger partial charge in [-0.15, -0.1) is 0 Å². The van der Waals surface area contributed by atoms with E-state index in [1.807, 2.05) is 27.7 Å². The van der Waals surface area contributed by atoms with Crippen LogP contribution in [0.5, 0.6) is 0 Å². The number of unbranched alkanes of at least 4 members (excludes halogenated alkanes) is 10. The zero-order chi connectivity index (χ0) is 54.1. The molecule has 422 valence electrons. The van der Waals surface area contributed by atoms with Crippen molar-refractivity contribution in [1.29, 1.82) is 0 Å². The summed E-state index contributed by atoms with van der Waals surface area (Å²) in [7, 11) is 0. The number of hydrogen-bond donors (Lipinski definition) is 6. The average Bonchev–Trinajstić information content (AvgIpc) is 3.27. The predicted molar refractivity (Wildman–Crippen MR) is 270 cm³/mol. The van der Waals surface area contributed by atoms with Crippen molar-refractivity contribution in [2.45, 2.75) is 295 Å². The Hall–Kier alpha value is -3.42. The number of hydrogen-bond acceptors (Lipinski definition) is 18. The van der Waals surface area contributed by atoms with Crippen LogP contribution in [-0.4, -0.2) is 141 Å². The third kappa shape index (κ3) is 39.1. The maximum Gasteiger partial charge on any atom is 0.309 e. The second-order valence-electron chi connectivity index (χ2n) is 19.6. The highest BCUT2D eigenvalue weighted by Crippen LogP contribution is 2.23. The molecule has 18 nitrogen and oxygen atoms in total. The molecule has 0 spiro atoms. The lowest BCUT2D eigenvalue weighted by molar-refractivity contribution is -0.160. The summed E-state index contributed by atoms with van der Waals surface area (Å²) in [6.07, 6.45) is 3.13. The molecule has 0 aliphatic rings. The number of aliphatic hydroxyl groups is 6. The number of rotatable bonds is 47. The molecule has 0 bridgehead atoms. The molecular formula is C54H98O18. The summed E-state index contributed by atoms with van der Waals surface area (Å²) in [5, 5.41) is 62.8. The summed E-state index contributed by atoms with van der Waals surface area (Å²) in [5.41, 5.74) is 0. The first-order valence-electron chi connectivity index (χ1n) is 27.5. The van der Waals surface area contributed by atoms with E-state index in [1.165, 1.54) is 6.92 Å². The molecule has 0 aromatic carbocycles. The number of carbonyl (C=O) groups is 6. The summed E-state index contributed by atoms with van der Waals surface area (Å²) < 4.78 is 33.2. The minimum atomic E-state index is -1.26. The van der Waals surface area contributed by atoms with E-state index in [9.17, 15) is 54.3 Å². The summed E-state index contributed by atoms with van der Waals surface area (Å²) in [6.45, 7) is 10.7. The van der Waals surface area contributed by atoms with Gasteiger partial charge in [-0.25, -0.2) is 0 Å². The predicted octanol–water partition coefficient (Wildman–Crippen LogP) is 7.71. The molecular weight excluding hydrogens is 937 g/mol. The first kappa shape index (κ1) is 68.6. The molecule has 0 aliphatic heterocycles. The van der Waals surface area contributed by atoms with Crippen LogP contribution in [0.4, 0.5) is 0 Å². The van der Waals surface area contributed by atoms with Gasteiger partial charge in [-0.3, -0.25) is 28.8 Å². The molecule has 0 radical (unpaired) electrons. The molecule has 0 aliphatic carbocycles. The van der Waals surface area contributed by atoms with Crippen LogP contribution >= 0.6 is 0 Å².